The second-order valence-corrected chi connectivity index (χ2v) is 5.93. The van der Waals surface area contributed by atoms with Gasteiger partial charge in [-0.15, -0.1) is 0 Å². The molecule has 1 aromatic carbocycles. The van der Waals surface area contributed by atoms with E-state index in [1.165, 1.54) is 11.1 Å². The third kappa shape index (κ3) is 6.04. The van der Waals surface area contributed by atoms with Crippen molar-refractivity contribution >= 4 is 0 Å². The van der Waals surface area contributed by atoms with Crippen LogP contribution in [0, 0.1) is 13.8 Å². The highest BCUT2D eigenvalue weighted by Gasteiger charge is 2.12. The Morgan fingerprint density at radius 2 is 1.57 bits per heavy atom. The summed E-state index contributed by atoms with van der Waals surface area (Å²) in [5.74, 6) is 0.940. The molecule has 1 saturated heterocycles. The number of hydrogen-bond donors (Lipinski definition) is 0. The van der Waals surface area contributed by atoms with Crippen molar-refractivity contribution in [3.05, 3.63) is 29.3 Å². The fourth-order valence-corrected chi connectivity index (χ4v) is 2.60. The number of nitrogens with zero attached hydrogens (tertiary/aromatic N) is 2. The quantitative estimate of drug-likeness (QED) is 0.717. The van der Waals surface area contributed by atoms with Crippen LogP contribution in [0.4, 0.5) is 0 Å². The van der Waals surface area contributed by atoms with Gasteiger partial charge in [-0.05, 0) is 44.2 Å². The number of hydrogen-bond acceptors (Lipinski definition) is 4. The summed E-state index contributed by atoms with van der Waals surface area (Å²) in [5.41, 5.74) is 2.47. The van der Waals surface area contributed by atoms with Crippen LogP contribution in [0.15, 0.2) is 18.2 Å². The van der Waals surface area contributed by atoms with Gasteiger partial charge in [-0.1, -0.05) is 6.07 Å². The molecular formula is C17H28N2O2. The van der Waals surface area contributed by atoms with E-state index < -0.39 is 0 Å². The molecule has 0 bridgehead atoms. The van der Waals surface area contributed by atoms with Gasteiger partial charge in [-0.3, -0.25) is 4.90 Å². The van der Waals surface area contributed by atoms with Gasteiger partial charge in [0.1, 0.15) is 12.4 Å². The molecule has 0 radical (unpaired) electrons. The topological polar surface area (TPSA) is 24.9 Å². The first-order valence-electron chi connectivity index (χ1n) is 7.83. The first-order valence-corrected chi connectivity index (χ1v) is 7.83. The number of benzene rings is 1. The zero-order chi connectivity index (χ0) is 15.1. The molecule has 4 nitrogen and oxygen atoms in total. The van der Waals surface area contributed by atoms with E-state index in [1.807, 2.05) is 0 Å². The summed E-state index contributed by atoms with van der Waals surface area (Å²) in [6, 6.07) is 6.29. The molecule has 21 heavy (non-hydrogen) atoms. The van der Waals surface area contributed by atoms with Gasteiger partial charge in [0.15, 0.2) is 0 Å². The number of piperazine rings is 1. The average Bonchev–Trinajstić information content (AvgIpc) is 2.43. The minimum absolute atomic E-state index is 0.617. The van der Waals surface area contributed by atoms with Crippen molar-refractivity contribution < 1.29 is 9.47 Å². The largest absolute Gasteiger partial charge is 0.491 e. The molecule has 1 fully saturated rings. The van der Waals surface area contributed by atoms with E-state index in [2.05, 4.69) is 48.9 Å². The smallest absolute Gasteiger partial charge is 0.119 e. The molecule has 0 spiro atoms. The number of ether oxygens (including phenoxy) is 2. The van der Waals surface area contributed by atoms with Crippen molar-refractivity contribution in [3.8, 4) is 5.75 Å². The van der Waals surface area contributed by atoms with Crippen LogP contribution in [0.3, 0.4) is 0 Å². The van der Waals surface area contributed by atoms with E-state index >= 15 is 0 Å². The first kappa shape index (κ1) is 16.3. The summed E-state index contributed by atoms with van der Waals surface area (Å²) in [5, 5.41) is 0. The van der Waals surface area contributed by atoms with Crippen molar-refractivity contribution in [1.82, 2.24) is 9.80 Å². The average molecular weight is 292 g/mol. The normalized spacial score (nSPS) is 17.1. The van der Waals surface area contributed by atoms with Crippen LogP contribution >= 0.6 is 0 Å². The van der Waals surface area contributed by atoms with Crippen LogP contribution in [0.1, 0.15) is 11.1 Å². The van der Waals surface area contributed by atoms with E-state index in [1.54, 1.807) is 0 Å². The third-order valence-corrected chi connectivity index (χ3v) is 3.84. The van der Waals surface area contributed by atoms with Gasteiger partial charge in [-0.25, -0.2) is 0 Å². The number of aryl methyl sites for hydroxylation is 2. The highest BCUT2D eigenvalue weighted by molar-refractivity contribution is 5.32. The van der Waals surface area contributed by atoms with Crippen molar-refractivity contribution in [2.75, 3.05) is 59.6 Å². The van der Waals surface area contributed by atoms with Gasteiger partial charge in [0.05, 0.1) is 13.2 Å². The van der Waals surface area contributed by atoms with Crippen molar-refractivity contribution in [2.24, 2.45) is 0 Å². The SMILES string of the molecule is Cc1cc(C)cc(OCCOCCN2CCN(C)CC2)c1. The number of likely N-dealkylation sites (N-methyl/N-ethyl adjacent to an activating group) is 1. The summed E-state index contributed by atoms with van der Waals surface area (Å²) in [4.78, 5) is 4.83. The molecule has 0 saturated carbocycles. The van der Waals surface area contributed by atoms with Crippen LogP contribution in [0.2, 0.25) is 0 Å². The molecule has 2 rings (SSSR count). The van der Waals surface area contributed by atoms with Crippen molar-refractivity contribution in [1.29, 1.82) is 0 Å². The monoisotopic (exact) mass is 292 g/mol. The Kier molecular flexibility index (Phi) is 6.49. The maximum atomic E-state index is 5.73. The van der Waals surface area contributed by atoms with Crippen molar-refractivity contribution in [3.63, 3.8) is 0 Å². The lowest BCUT2D eigenvalue weighted by Crippen LogP contribution is -2.45. The van der Waals surface area contributed by atoms with Gasteiger partial charge in [0.2, 0.25) is 0 Å². The van der Waals surface area contributed by atoms with Gasteiger partial charge >= 0.3 is 0 Å². The Morgan fingerprint density at radius 3 is 2.24 bits per heavy atom. The minimum Gasteiger partial charge on any atom is -0.491 e. The second kappa shape index (κ2) is 8.37. The second-order valence-electron chi connectivity index (χ2n) is 5.93. The Bertz CT molecular complexity index is 409. The molecule has 0 aromatic heterocycles. The predicted molar refractivity (Wildman–Crippen MR) is 86.2 cm³/mol. The van der Waals surface area contributed by atoms with Crippen LogP contribution < -0.4 is 4.74 Å². The fraction of sp³-hybridized carbons (Fsp3) is 0.647. The van der Waals surface area contributed by atoms with Gasteiger partial charge in [0.25, 0.3) is 0 Å². The van der Waals surface area contributed by atoms with Crippen LogP contribution in [-0.2, 0) is 4.74 Å². The van der Waals surface area contributed by atoms with Gasteiger partial charge in [0, 0.05) is 32.7 Å². The summed E-state index contributed by atoms with van der Waals surface area (Å²) >= 11 is 0. The highest BCUT2D eigenvalue weighted by atomic mass is 16.5. The van der Waals surface area contributed by atoms with E-state index in [0.29, 0.717) is 13.2 Å². The lowest BCUT2D eigenvalue weighted by molar-refractivity contribution is 0.0658. The lowest BCUT2D eigenvalue weighted by Gasteiger charge is -2.32. The van der Waals surface area contributed by atoms with Crippen LogP contribution in [0.25, 0.3) is 0 Å². The Balaban J connectivity index is 1.54. The van der Waals surface area contributed by atoms with E-state index in [4.69, 9.17) is 9.47 Å². The van der Waals surface area contributed by atoms with Gasteiger partial charge < -0.3 is 14.4 Å². The molecule has 1 aliphatic rings. The van der Waals surface area contributed by atoms with Gasteiger partial charge in [-0.2, -0.15) is 0 Å². The third-order valence-electron chi connectivity index (χ3n) is 3.84. The standard InChI is InChI=1S/C17H28N2O2/c1-15-12-16(2)14-17(13-15)21-11-10-20-9-8-19-6-4-18(3)5-7-19/h12-14H,4-11H2,1-3H3. The molecule has 1 aliphatic heterocycles. The minimum atomic E-state index is 0.617. The fourth-order valence-electron chi connectivity index (χ4n) is 2.60. The van der Waals surface area contributed by atoms with Crippen LogP contribution in [-0.4, -0.2) is 69.4 Å². The molecule has 0 N–H and O–H groups in total. The van der Waals surface area contributed by atoms with Crippen molar-refractivity contribution in [2.45, 2.75) is 13.8 Å². The maximum Gasteiger partial charge on any atom is 0.119 e. The summed E-state index contributed by atoms with van der Waals surface area (Å²) < 4.78 is 11.4. The molecule has 0 unspecified atom stereocenters. The van der Waals surface area contributed by atoms with E-state index in [9.17, 15) is 0 Å². The van der Waals surface area contributed by atoms with E-state index in [0.717, 1.165) is 45.1 Å². The van der Waals surface area contributed by atoms with Crippen LogP contribution in [0.5, 0.6) is 5.75 Å². The molecule has 4 heteroatoms. The Morgan fingerprint density at radius 1 is 0.905 bits per heavy atom. The molecular weight excluding hydrogens is 264 g/mol. The number of rotatable bonds is 7. The Labute approximate surface area is 128 Å². The highest BCUT2D eigenvalue weighted by Crippen LogP contribution is 2.15. The lowest BCUT2D eigenvalue weighted by atomic mass is 10.1. The predicted octanol–water partition coefficient (Wildman–Crippen LogP) is 1.95. The molecule has 1 aromatic rings. The Hall–Kier alpha value is -1.10. The summed E-state index contributed by atoms with van der Waals surface area (Å²) in [6.07, 6.45) is 0. The maximum absolute atomic E-state index is 5.73. The first-order chi connectivity index (χ1) is 10.1. The summed E-state index contributed by atoms with van der Waals surface area (Å²) in [7, 11) is 2.18. The zero-order valence-corrected chi connectivity index (χ0v) is 13.6. The molecule has 118 valence electrons. The molecule has 1 heterocycles. The zero-order valence-electron chi connectivity index (χ0n) is 13.6. The summed E-state index contributed by atoms with van der Waals surface area (Å²) in [6.45, 7) is 11.9. The van der Waals surface area contributed by atoms with E-state index in [-0.39, 0.29) is 0 Å². The molecule has 0 aliphatic carbocycles. The molecule has 0 atom stereocenters. The molecule has 0 amide bonds.